The topological polar surface area (TPSA) is 30.5 Å². The quantitative estimate of drug-likeness (QED) is 0.745. The van der Waals surface area contributed by atoms with E-state index in [1.807, 2.05) is 30.3 Å². The number of halogens is 1. The lowest BCUT2D eigenvalue weighted by molar-refractivity contribution is 0.174. The third-order valence-electron chi connectivity index (χ3n) is 3.43. The second-order valence-electron chi connectivity index (χ2n) is 4.76. The molecule has 1 N–H and O–H groups in total. The van der Waals surface area contributed by atoms with Crippen LogP contribution in [0.1, 0.15) is 4.88 Å². The van der Waals surface area contributed by atoms with E-state index in [1.165, 1.54) is 4.70 Å². The van der Waals surface area contributed by atoms with E-state index in [2.05, 4.69) is 17.4 Å². The molecule has 3 aromatic rings. The maximum absolute atomic E-state index is 6.44. The van der Waals surface area contributed by atoms with Crippen LogP contribution in [0.4, 0.5) is 5.69 Å². The summed E-state index contributed by atoms with van der Waals surface area (Å²) in [5.41, 5.74) is 0.993. The normalized spacial score (nSPS) is 12.8. The van der Waals surface area contributed by atoms with E-state index in [9.17, 15) is 0 Å². The van der Waals surface area contributed by atoms with Crippen molar-refractivity contribution in [3.8, 4) is 11.5 Å². The molecule has 0 amide bonds. The lowest BCUT2D eigenvalue weighted by atomic mass is 10.2. The van der Waals surface area contributed by atoms with Gasteiger partial charge < -0.3 is 14.8 Å². The van der Waals surface area contributed by atoms with Gasteiger partial charge in [0.2, 0.25) is 6.79 Å². The highest BCUT2D eigenvalue weighted by Gasteiger charge is 2.14. The Kier molecular flexibility index (Phi) is 3.13. The maximum Gasteiger partial charge on any atom is 0.231 e. The summed E-state index contributed by atoms with van der Waals surface area (Å²) in [7, 11) is 0. The standard InChI is InChI=1S/C16H12ClNO2S/c17-16-11-3-1-2-4-14(11)21-15(16)8-18-10-5-6-12-13(7-10)20-9-19-12/h1-7,18H,8-9H2. The van der Waals surface area contributed by atoms with Crippen molar-refractivity contribution < 1.29 is 9.47 Å². The van der Waals surface area contributed by atoms with E-state index in [-0.39, 0.29) is 0 Å². The number of rotatable bonds is 3. The summed E-state index contributed by atoms with van der Waals surface area (Å²) in [6.07, 6.45) is 0. The van der Waals surface area contributed by atoms with Gasteiger partial charge in [-0.1, -0.05) is 29.8 Å². The minimum absolute atomic E-state index is 0.293. The number of hydrogen-bond donors (Lipinski definition) is 1. The van der Waals surface area contributed by atoms with Gasteiger partial charge >= 0.3 is 0 Å². The van der Waals surface area contributed by atoms with Gasteiger partial charge in [-0.25, -0.2) is 0 Å². The van der Waals surface area contributed by atoms with Crippen LogP contribution in [0.3, 0.4) is 0 Å². The lowest BCUT2D eigenvalue weighted by Crippen LogP contribution is -1.97. The van der Waals surface area contributed by atoms with Gasteiger partial charge in [-0.2, -0.15) is 0 Å². The Morgan fingerprint density at radius 1 is 1.10 bits per heavy atom. The van der Waals surface area contributed by atoms with Crippen LogP contribution < -0.4 is 14.8 Å². The van der Waals surface area contributed by atoms with Gasteiger partial charge in [-0.15, -0.1) is 11.3 Å². The molecule has 0 saturated carbocycles. The molecular formula is C16H12ClNO2S. The Bertz CT molecular complexity index is 815. The Balaban J connectivity index is 1.57. The molecule has 2 aromatic carbocycles. The fraction of sp³-hybridized carbons (Fsp3) is 0.125. The molecule has 0 radical (unpaired) electrons. The molecule has 106 valence electrons. The van der Waals surface area contributed by atoms with E-state index in [0.29, 0.717) is 13.3 Å². The zero-order valence-corrected chi connectivity index (χ0v) is 12.6. The number of hydrogen-bond acceptors (Lipinski definition) is 4. The van der Waals surface area contributed by atoms with Gasteiger partial charge in [0, 0.05) is 26.7 Å². The summed E-state index contributed by atoms with van der Waals surface area (Å²) in [4.78, 5) is 1.13. The van der Waals surface area contributed by atoms with Crippen LogP contribution in [0, 0.1) is 0 Å². The SMILES string of the molecule is Clc1c(CNc2ccc3c(c2)OCO3)sc2ccccc12. The Morgan fingerprint density at radius 2 is 1.95 bits per heavy atom. The van der Waals surface area contributed by atoms with Gasteiger partial charge in [0.15, 0.2) is 11.5 Å². The first-order chi connectivity index (χ1) is 10.3. The summed E-state index contributed by atoms with van der Waals surface area (Å²) in [6.45, 7) is 0.985. The first-order valence-corrected chi connectivity index (χ1v) is 7.80. The molecule has 0 spiro atoms. The monoisotopic (exact) mass is 317 g/mol. The predicted molar refractivity (Wildman–Crippen MR) is 86.7 cm³/mol. The molecule has 2 heterocycles. The fourth-order valence-corrected chi connectivity index (χ4v) is 3.81. The summed E-state index contributed by atoms with van der Waals surface area (Å²) < 4.78 is 11.9. The van der Waals surface area contributed by atoms with Crippen LogP contribution in [0.5, 0.6) is 11.5 Å². The van der Waals surface area contributed by atoms with Crippen molar-refractivity contribution in [2.24, 2.45) is 0 Å². The van der Waals surface area contributed by atoms with E-state index in [0.717, 1.165) is 32.5 Å². The van der Waals surface area contributed by atoms with Crippen LogP contribution >= 0.6 is 22.9 Å². The van der Waals surface area contributed by atoms with Gasteiger partial charge in [0.05, 0.1) is 11.6 Å². The van der Waals surface area contributed by atoms with Gasteiger partial charge in [0.25, 0.3) is 0 Å². The van der Waals surface area contributed by atoms with Crippen LogP contribution in [-0.2, 0) is 6.54 Å². The molecule has 1 aliphatic rings. The van der Waals surface area contributed by atoms with E-state index in [4.69, 9.17) is 21.1 Å². The molecule has 0 aliphatic carbocycles. The highest BCUT2D eigenvalue weighted by atomic mass is 35.5. The van der Waals surface area contributed by atoms with E-state index >= 15 is 0 Å². The number of ether oxygens (including phenoxy) is 2. The van der Waals surface area contributed by atoms with Crippen LogP contribution in [0.15, 0.2) is 42.5 Å². The highest BCUT2D eigenvalue weighted by molar-refractivity contribution is 7.19. The zero-order valence-electron chi connectivity index (χ0n) is 11.1. The van der Waals surface area contributed by atoms with Crippen LogP contribution in [0.25, 0.3) is 10.1 Å². The van der Waals surface area contributed by atoms with Crippen molar-refractivity contribution in [2.45, 2.75) is 6.54 Å². The number of benzene rings is 2. The molecule has 0 unspecified atom stereocenters. The molecule has 0 bridgehead atoms. The number of fused-ring (bicyclic) bond motifs is 2. The number of nitrogens with one attached hydrogen (secondary N) is 1. The summed E-state index contributed by atoms with van der Waals surface area (Å²) in [5, 5.41) is 5.34. The van der Waals surface area contributed by atoms with E-state index in [1.54, 1.807) is 11.3 Å². The maximum atomic E-state index is 6.44. The van der Waals surface area contributed by atoms with Crippen molar-refractivity contribution in [3.63, 3.8) is 0 Å². The van der Waals surface area contributed by atoms with Gasteiger partial charge in [-0.3, -0.25) is 0 Å². The number of thiophene rings is 1. The summed E-state index contributed by atoms with van der Waals surface area (Å²) in [6, 6.07) is 14.0. The lowest BCUT2D eigenvalue weighted by Gasteiger charge is -2.06. The third kappa shape index (κ3) is 2.30. The largest absolute Gasteiger partial charge is 0.454 e. The molecule has 0 saturated heterocycles. The minimum atomic E-state index is 0.293. The van der Waals surface area contributed by atoms with Gasteiger partial charge in [0.1, 0.15) is 0 Å². The van der Waals surface area contributed by atoms with Crippen molar-refractivity contribution >= 4 is 38.7 Å². The van der Waals surface area contributed by atoms with Crippen molar-refractivity contribution in [1.29, 1.82) is 0 Å². The second kappa shape index (κ2) is 5.13. The molecule has 4 rings (SSSR count). The first-order valence-electron chi connectivity index (χ1n) is 6.61. The molecular weight excluding hydrogens is 306 g/mol. The highest BCUT2D eigenvalue weighted by Crippen LogP contribution is 2.37. The van der Waals surface area contributed by atoms with Crippen LogP contribution in [-0.4, -0.2) is 6.79 Å². The molecule has 5 heteroatoms. The zero-order chi connectivity index (χ0) is 14.2. The third-order valence-corrected chi connectivity index (χ3v) is 5.14. The fourth-order valence-electron chi connectivity index (χ4n) is 2.37. The molecule has 1 aliphatic heterocycles. The Morgan fingerprint density at radius 3 is 2.86 bits per heavy atom. The summed E-state index contributed by atoms with van der Waals surface area (Å²) >= 11 is 8.16. The smallest absolute Gasteiger partial charge is 0.231 e. The minimum Gasteiger partial charge on any atom is -0.454 e. The molecule has 3 nitrogen and oxygen atoms in total. The Hall–Kier alpha value is -1.91. The summed E-state index contributed by atoms with van der Waals surface area (Å²) in [5.74, 6) is 1.57. The second-order valence-corrected chi connectivity index (χ2v) is 6.27. The van der Waals surface area contributed by atoms with Gasteiger partial charge in [-0.05, 0) is 18.2 Å². The molecule has 21 heavy (non-hydrogen) atoms. The molecule has 0 atom stereocenters. The first kappa shape index (κ1) is 12.8. The Labute approximate surface area is 131 Å². The molecule has 1 aromatic heterocycles. The van der Waals surface area contributed by atoms with Crippen molar-refractivity contribution in [2.75, 3.05) is 12.1 Å². The van der Waals surface area contributed by atoms with Crippen molar-refractivity contribution in [1.82, 2.24) is 0 Å². The molecule has 0 fully saturated rings. The van der Waals surface area contributed by atoms with E-state index < -0.39 is 0 Å². The number of anilines is 1. The average Bonchev–Trinajstić information content (AvgIpc) is 3.10. The predicted octanol–water partition coefficient (Wildman–Crippen LogP) is 4.90. The van der Waals surface area contributed by atoms with Crippen LogP contribution in [0.2, 0.25) is 5.02 Å². The average molecular weight is 318 g/mol. The van der Waals surface area contributed by atoms with Crippen molar-refractivity contribution in [3.05, 3.63) is 52.4 Å².